The highest BCUT2D eigenvalue weighted by atomic mass is 79.9. The number of nitrogens with zero attached hydrogens (tertiary/aromatic N) is 1. The van der Waals surface area contributed by atoms with E-state index < -0.39 is 0 Å². The predicted molar refractivity (Wildman–Crippen MR) is 69.4 cm³/mol. The van der Waals surface area contributed by atoms with Gasteiger partial charge in [-0.15, -0.1) is 11.8 Å². The Kier molecular flexibility index (Phi) is 3.56. The average Bonchev–Trinajstić information content (AvgIpc) is 2.66. The highest BCUT2D eigenvalue weighted by molar-refractivity contribution is 9.10. The number of halogens is 1. The van der Waals surface area contributed by atoms with Gasteiger partial charge in [-0.3, -0.25) is 0 Å². The van der Waals surface area contributed by atoms with E-state index in [2.05, 4.69) is 21.1 Å². The molecule has 0 saturated heterocycles. The Morgan fingerprint density at radius 2 is 2.25 bits per heavy atom. The summed E-state index contributed by atoms with van der Waals surface area (Å²) in [5, 5.41) is 3.93. The van der Waals surface area contributed by atoms with Crippen LogP contribution in [0.1, 0.15) is 11.5 Å². The second-order valence-corrected chi connectivity index (χ2v) is 5.33. The van der Waals surface area contributed by atoms with Gasteiger partial charge >= 0.3 is 0 Å². The maximum atomic E-state index is 5.87. The predicted octanol–water partition coefficient (Wildman–Crippen LogP) is 3.62. The van der Waals surface area contributed by atoms with Crippen molar-refractivity contribution in [3.63, 3.8) is 0 Å². The molecule has 0 aliphatic rings. The van der Waals surface area contributed by atoms with Crippen LogP contribution in [-0.4, -0.2) is 5.16 Å². The van der Waals surface area contributed by atoms with E-state index in [4.69, 9.17) is 10.3 Å². The number of nitrogens with two attached hydrogens (primary N) is 1. The van der Waals surface area contributed by atoms with Gasteiger partial charge in [0, 0.05) is 26.9 Å². The van der Waals surface area contributed by atoms with E-state index in [9.17, 15) is 0 Å². The second kappa shape index (κ2) is 4.93. The summed E-state index contributed by atoms with van der Waals surface area (Å²) in [7, 11) is 0. The first-order chi connectivity index (χ1) is 7.65. The molecule has 0 radical (unpaired) electrons. The minimum Gasteiger partial charge on any atom is -0.398 e. The molecule has 16 heavy (non-hydrogen) atoms. The fraction of sp³-hybridized carbons (Fsp3) is 0.182. The fourth-order valence-corrected chi connectivity index (χ4v) is 2.67. The molecule has 0 aliphatic heterocycles. The first-order valence-corrected chi connectivity index (χ1v) is 6.53. The van der Waals surface area contributed by atoms with Crippen LogP contribution < -0.4 is 5.73 Å². The van der Waals surface area contributed by atoms with Crippen LogP contribution in [0.5, 0.6) is 0 Å². The quantitative estimate of drug-likeness (QED) is 0.694. The Hall–Kier alpha value is -0.940. The first kappa shape index (κ1) is 11.5. The lowest BCUT2D eigenvalue weighted by atomic mass is 10.3. The molecule has 0 bridgehead atoms. The molecule has 0 amide bonds. The molecule has 0 unspecified atom stereocenters. The Morgan fingerprint density at radius 3 is 2.94 bits per heavy atom. The molecule has 2 rings (SSSR count). The van der Waals surface area contributed by atoms with Gasteiger partial charge in [-0.25, -0.2) is 0 Å². The van der Waals surface area contributed by atoms with E-state index in [1.165, 1.54) is 0 Å². The summed E-state index contributed by atoms with van der Waals surface area (Å²) in [6.45, 7) is 1.88. The van der Waals surface area contributed by atoms with Crippen molar-refractivity contribution in [3.05, 3.63) is 40.2 Å². The van der Waals surface area contributed by atoms with Gasteiger partial charge in [0.25, 0.3) is 0 Å². The van der Waals surface area contributed by atoms with E-state index in [0.717, 1.165) is 32.3 Å². The normalized spacial score (nSPS) is 10.6. The second-order valence-electron chi connectivity index (χ2n) is 3.40. The van der Waals surface area contributed by atoms with Gasteiger partial charge in [-0.2, -0.15) is 0 Å². The minimum atomic E-state index is 0.762. The van der Waals surface area contributed by atoms with Gasteiger partial charge in [0.05, 0.1) is 5.69 Å². The SMILES string of the molecule is Cc1cc(CSc2cc(Br)ccc2N)no1. The lowest BCUT2D eigenvalue weighted by molar-refractivity contribution is 0.393. The van der Waals surface area contributed by atoms with Gasteiger partial charge in [-0.1, -0.05) is 21.1 Å². The molecule has 0 fully saturated rings. The van der Waals surface area contributed by atoms with E-state index in [-0.39, 0.29) is 0 Å². The van der Waals surface area contributed by atoms with E-state index >= 15 is 0 Å². The van der Waals surface area contributed by atoms with Crippen molar-refractivity contribution in [1.82, 2.24) is 5.16 Å². The van der Waals surface area contributed by atoms with Crippen molar-refractivity contribution in [2.24, 2.45) is 0 Å². The standard InChI is InChI=1S/C11H11BrN2OS/c1-7-4-9(14-15-7)6-16-11-5-8(12)2-3-10(11)13/h2-5H,6,13H2,1H3. The van der Waals surface area contributed by atoms with Gasteiger partial charge in [0.2, 0.25) is 0 Å². The van der Waals surface area contributed by atoms with Crippen LogP contribution in [0.2, 0.25) is 0 Å². The summed E-state index contributed by atoms with van der Waals surface area (Å²) < 4.78 is 6.03. The molecular weight excluding hydrogens is 288 g/mol. The largest absolute Gasteiger partial charge is 0.398 e. The van der Waals surface area contributed by atoms with Crippen LogP contribution in [0.15, 0.2) is 38.2 Å². The molecule has 5 heteroatoms. The summed E-state index contributed by atoms with van der Waals surface area (Å²) >= 11 is 5.07. The Morgan fingerprint density at radius 1 is 1.44 bits per heavy atom. The van der Waals surface area contributed by atoms with Crippen molar-refractivity contribution in [2.45, 2.75) is 17.6 Å². The Balaban J connectivity index is 2.07. The number of benzene rings is 1. The van der Waals surface area contributed by atoms with Crippen LogP contribution in [0, 0.1) is 6.92 Å². The number of hydrogen-bond acceptors (Lipinski definition) is 4. The highest BCUT2D eigenvalue weighted by Crippen LogP contribution is 2.30. The monoisotopic (exact) mass is 298 g/mol. The van der Waals surface area contributed by atoms with E-state index in [1.807, 2.05) is 31.2 Å². The molecule has 0 spiro atoms. The van der Waals surface area contributed by atoms with Gasteiger partial charge < -0.3 is 10.3 Å². The van der Waals surface area contributed by atoms with Crippen LogP contribution in [-0.2, 0) is 5.75 Å². The summed E-state index contributed by atoms with van der Waals surface area (Å²) in [6.07, 6.45) is 0. The maximum absolute atomic E-state index is 5.87. The molecule has 3 nitrogen and oxygen atoms in total. The Labute approximate surface area is 107 Å². The third kappa shape index (κ3) is 2.80. The third-order valence-corrected chi connectivity index (χ3v) is 3.63. The average molecular weight is 299 g/mol. The minimum absolute atomic E-state index is 0.762. The zero-order chi connectivity index (χ0) is 11.5. The molecule has 1 heterocycles. The maximum Gasteiger partial charge on any atom is 0.133 e. The highest BCUT2D eigenvalue weighted by Gasteiger charge is 2.04. The number of anilines is 1. The summed E-state index contributed by atoms with van der Waals surface area (Å²) in [4.78, 5) is 1.05. The van der Waals surface area contributed by atoms with Gasteiger partial charge in [-0.05, 0) is 25.1 Å². The fourth-order valence-electron chi connectivity index (χ4n) is 1.27. The topological polar surface area (TPSA) is 52.0 Å². The molecule has 2 N–H and O–H groups in total. The van der Waals surface area contributed by atoms with Crippen LogP contribution >= 0.6 is 27.7 Å². The van der Waals surface area contributed by atoms with Crippen LogP contribution in [0.4, 0.5) is 5.69 Å². The van der Waals surface area contributed by atoms with E-state index in [1.54, 1.807) is 11.8 Å². The van der Waals surface area contributed by atoms with Crippen molar-refractivity contribution >= 4 is 33.4 Å². The van der Waals surface area contributed by atoms with Crippen molar-refractivity contribution in [3.8, 4) is 0 Å². The summed E-state index contributed by atoms with van der Waals surface area (Å²) in [5.41, 5.74) is 7.59. The lowest BCUT2D eigenvalue weighted by Crippen LogP contribution is -1.89. The van der Waals surface area contributed by atoms with Crippen LogP contribution in [0.3, 0.4) is 0 Å². The molecule has 0 atom stereocenters. The van der Waals surface area contributed by atoms with Gasteiger partial charge in [0.1, 0.15) is 5.76 Å². The molecule has 1 aromatic carbocycles. The summed E-state index contributed by atoms with van der Waals surface area (Å²) in [6, 6.07) is 7.76. The molecule has 0 saturated carbocycles. The van der Waals surface area contributed by atoms with E-state index in [0.29, 0.717) is 0 Å². The summed E-state index contributed by atoms with van der Waals surface area (Å²) in [5.74, 6) is 1.59. The molecule has 0 aliphatic carbocycles. The van der Waals surface area contributed by atoms with Crippen LogP contribution in [0.25, 0.3) is 0 Å². The molecule has 1 aromatic heterocycles. The van der Waals surface area contributed by atoms with Crippen molar-refractivity contribution < 1.29 is 4.52 Å². The molecule has 84 valence electrons. The molecule has 2 aromatic rings. The number of aryl methyl sites for hydroxylation is 1. The first-order valence-electron chi connectivity index (χ1n) is 4.75. The zero-order valence-corrected chi connectivity index (χ0v) is 11.1. The lowest BCUT2D eigenvalue weighted by Gasteiger charge is -2.04. The van der Waals surface area contributed by atoms with Crippen molar-refractivity contribution in [1.29, 1.82) is 0 Å². The smallest absolute Gasteiger partial charge is 0.133 e. The number of rotatable bonds is 3. The molecular formula is C11H11BrN2OS. The zero-order valence-electron chi connectivity index (χ0n) is 8.74. The van der Waals surface area contributed by atoms with Gasteiger partial charge in [0.15, 0.2) is 0 Å². The number of hydrogen-bond donors (Lipinski definition) is 1. The number of aromatic nitrogens is 1. The number of thioether (sulfide) groups is 1. The van der Waals surface area contributed by atoms with Crippen molar-refractivity contribution in [2.75, 3.05) is 5.73 Å². The Bertz CT molecular complexity index is 498. The number of nitrogen functional groups attached to an aromatic ring is 1. The third-order valence-electron chi connectivity index (χ3n) is 2.03.